The number of ether oxygens (including phenoxy) is 2. The molecule has 2 saturated carbocycles. The Morgan fingerprint density at radius 3 is 2.18 bits per heavy atom. The average Bonchev–Trinajstić information content (AvgIpc) is 3.09. The molecule has 0 saturated heterocycles. The van der Waals surface area contributed by atoms with E-state index in [1.165, 1.54) is 45.4 Å². The largest absolute Gasteiger partial charge is 0.462 e. The van der Waals surface area contributed by atoms with Gasteiger partial charge in [0.1, 0.15) is 12.2 Å². The maximum absolute atomic E-state index is 11.9. The van der Waals surface area contributed by atoms with Gasteiger partial charge in [0.2, 0.25) is 0 Å². The zero-order chi connectivity index (χ0) is 28.3. The van der Waals surface area contributed by atoms with E-state index in [9.17, 15) is 9.59 Å². The Balaban J connectivity index is 1.57. The molecular formula is C34H54O4. The van der Waals surface area contributed by atoms with E-state index in [0.717, 1.165) is 31.3 Å². The number of rotatable bonds is 7. The highest BCUT2D eigenvalue weighted by atomic mass is 16.5. The summed E-state index contributed by atoms with van der Waals surface area (Å²) in [4.78, 5) is 23.5. The van der Waals surface area contributed by atoms with Crippen LogP contribution >= 0.6 is 0 Å². The van der Waals surface area contributed by atoms with E-state index in [1.807, 2.05) is 6.92 Å². The van der Waals surface area contributed by atoms with Crippen LogP contribution in [0.4, 0.5) is 0 Å². The fourth-order valence-corrected chi connectivity index (χ4v) is 10.2. The molecule has 0 amide bonds. The molecule has 0 radical (unpaired) electrons. The molecule has 4 aliphatic carbocycles. The molecule has 8 atom stereocenters. The van der Waals surface area contributed by atoms with Gasteiger partial charge in [0, 0.05) is 19.3 Å². The number of esters is 2. The van der Waals surface area contributed by atoms with Crippen molar-refractivity contribution in [3.63, 3.8) is 0 Å². The number of hydrogen-bond donors (Lipinski definition) is 0. The second-order valence-electron chi connectivity index (χ2n) is 14.8. The molecule has 2 fully saturated rings. The zero-order valence-corrected chi connectivity index (χ0v) is 25.8. The Kier molecular flexibility index (Phi) is 7.82. The van der Waals surface area contributed by atoms with Crippen LogP contribution in [0.3, 0.4) is 0 Å². The first-order valence-electron chi connectivity index (χ1n) is 15.3. The third-order valence-corrected chi connectivity index (χ3v) is 12.5. The lowest BCUT2D eigenvalue weighted by molar-refractivity contribution is -0.167. The van der Waals surface area contributed by atoms with Crippen LogP contribution in [0.5, 0.6) is 0 Å². The summed E-state index contributed by atoms with van der Waals surface area (Å²) in [6, 6.07) is 0. The lowest BCUT2D eigenvalue weighted by atomic mass is 9.43. The molecule has 4 rings (SSSR count). The van der Waals surface area contributed by atoms with E-state index in [0.29, 0.717) is 23.2 Å². The summed E-state index contributed by atoms with van der Waals surface area (Å²) in [7, 11) is 0. The third-order valence-electron chi connectivity index (χ3n) is 12.5. The van der Waals surface area contributed by atoms with E-state index in [1.54, 1.807) is 18.1 Å². The topological polar surface area (TPSA) is 52.6 Å². The van der Waals surface area contributed by atoms with Crippen LogP contribution in [0.2, 0.25) is 0 Å². The Morgan fingerprint density at radius 2 is 1.58 bits per heavy atom. The molecule has 0 unspecified atom stereocenters. The SMILES string of the molecule is C=C(C)[C@@H](CC[C@H](C)[C@@H]1CC[C@]2(C)C3=C(CC[C@@]12C)[C@@]1(C)CC[C@H](OC(C)=O)C(C)(C)[C@@H]1CC3)OC(C)=O. The molecule has 0 N–H and O–H groups in total. The van der Waals surface area contributed by atoms with Crippen molar-refractivity contribution in [3.05, 3.63) is 23.3 Å². The summed E-state index contributed by atoms with van der Waals surface area (Å²) in [5, 5.41) is 0. The lowest BCUT2D eigenvalue weighted by Crippen LogP contribution is -2.55. The second-order valence-corrected chi connectivity index (χ2v) is 14.8. The highest BCUT2D eigenvalue weighted by Crippen LogP contribution is 2.72. The smallest absolute Gasteiger partial charge is 0.303 e. The Labute approximate surface area is 232 Å². The Bertz CT molecular complexity index is 1010. The van der Waals surface area contributed by atoms with Crippen molar-refractivity contribution < 1.29 is 19.1 Å². The quantitative estimate of drug-likeness (QED) is 0.246. The Hall–Kier alpha value is -1.58. The molecule has 4 nitrogen and oxygen atoms in total. The van der Waals surface area contributed by atoms with Gasteiger partial charge in [-0.2, -0.15) is 0 Å². The van der Waals surface area contributed by atoms with Gasteiger partial charge < -0.3 is 9.47 Å². The van der Waals surface area contributed by atoms with Crippen LogP contribution < -0.4 is 0 Å². The fourth-order valence-electron chi connectivity index (χ4n) is 10.2. The lowest BCUT2D eigenvalue weighted by Gasteiger charge is -2.62. The van der Waals surface area contributed by atoms with E-state index >= 15 is 0 Å². The fraction of sp³-hybridized carbons (Fsp3) is 0.824. The van der Waals surface area contributed by atoms with Crippen LogP contribution in [0.1, 0.15) is 127 Å². The van der Waals surface area contributed by atoms with Crippen molar-refractivity contribution in [2.75, 3.05) is 0 Å². The first kappa shape index (κ1) is 29.4. The second kappa shape index (κ2) is 10.1. The van der Waals surface area contributed by atoms with Crippen LogP contribution in [-0.4, -0.2) is 24.1 Å². The van der Waals surface area contributed by atoms with E-state index < -0.39 is 0 Å². The van der Waals surface area contributed by atoms with Gasteiger partial charge in [0.15, 0.2) is 0 Å². The highest BCUT2D eigenvalue weighted by Gasteiger charge is 2.63. The third kappa shape index (κ3) is 4.60. The molecule has 0 aromatic heterocycles. The minimum absolute atomic E-state index is 0.00660. The molecule has 0 aromatic rings. The number of hydrogen-bond acceptors (Lipinski definition) is 4. The summed E-state index contributed by atoms with van der Waals surface area (Å²) in [6.07, 6.45) is 11.3. The van der Waals surface area contributed by atoms with Crippen molar-refractivity contribution in [1.29, 1.82) is 0 Å². The predicted octanol–water partition coefficient (Wildman–Crippen LogP) is 8.59. The van der Waals surface area contributed by atoms with E-state index in [-0.39, 0.29) is 40.4 Å². The molecule has 0 aliphatic heterocycles. The van der Waals surface area contributed by atoms with Gasteiger partial charge in [-0.05, 0) is 111 Å². The van der Waals surface area contributed by atoms with Crippen LogP contribution in [0.15, 0.2) is 23.3 Å². The highest BCUT2D eigenvalue weighted by molar-refractivity contribution is 5.66. The molecule has 0 heterocycles. The minimum atomic E-state index is -0.216. The summed E-state index contributed by atoms with van der Waals surface area (Å²) in [5.74, 6) is 1.47. The molecular weight excluding hydrogens is 472 g/mol. The van der Waals surface area contributed by atoms with Gasteiger partial charge in [-0.3, -0.25) is 9.59 Å². The molecule has 0 aromatic carbocycles. The summed E-state index contributed by atoms with van der Waals surface area (Å²) >= 11 is 0. The van der Waals surface area contributed by atoms with E-state index in [4.69, 9.17) is 9.47 Å². The summed E-state index contributed by atoms with van der Waals surface area (Å²) in [5.41, 5.74) is 5.27. The molecule has 0 bridgehead atoms. The van der Waals surface area contributed by atoms with Crippen LogP contribution in [-0.2, 0) is 19.1 Å². The Morgan fingerprint density at radius 1 is 0.895 bits per heavy atom. The summed E-state index contributed by atoms with van der Waals surface area (Å²) < 4.78 is 11.5. The zero-order valence-electron chi connectivity index (χ0n) is 25.8. The molecule has 0 spiro atoms. The minimum Gasteiger partial charge on any atom is -0.462 e. The van der Waals surface area contributed by atoms with Gasteiger partial charge in [0.05, 0.1) is 0 Å². The first-order chi connectivity index (χ1) is 17.6. The first-order valence-corrected chi connectivity index (χ1v) is 15.3. The average molecular weight is 527 g/mol. The van der Waals surface area contributed by atoms with Crippen molar-refractivity contribution in [3.8, 4) is 0 Å². The van der Waals surface area contributed by atoms with Crippen LogP contribution in [0.25, 0.3) is 0 Å². The van der Waals surface area contributed by atoms with Gasteiger partial charge >= 0.3 is 11.9 Å². The number of fused-ring (bicyclic) bond motifs is 4. The van der Waals surface area contributed by atoms with Crippen molar-refractivity contribution in [2.24, 2.45) is 39.4 Å². The van der Waals surface area contributed by atoms with Gasteiger partial charge in [-0.1, -0.05) is 59.3 Å². The maximum atomic E-state index is 11.9. The van der Waals surface area contributed by atoms with Gasteiger partial charge in [-0.15, -0.1) is 0 Å². The van der Waals surface area contributed by atoms with Crippen molar-refractivity contribution in [1.82, 2.24) is 0 Å². The molecule has 4 heteroatoms. The van der Waals surface area contributed by atoms with Gasteiger partial charge in [0.25, 0.3) is 0 Å². The monoisotopic (exact) mass is 526 g/mol. The predicted molar refractivity (Wildman–Crippen MR) is 153 cm³/mol. The normalized spacial score (nSPS) is 39.3. The number of carbonyl (C=O) groups excluding carboxylic acids is 2. The molecule has 38 heavy (non-hydrogen) atoms. The molecule has 4 aliphatic rings. The van der Waals surface area contributed by atoms with Gasteiger partial charge in [-0.25, -0.2) is 0 Å². The summed E-state index contributed by atoms with van der Waals surface area (Å²) in [6.45, 7) is 24.0. The van der Waals surface area contributed by atoms with Crippen molar-refractivity contribution in [2.45, 2.75) is 139 Å². The molecule has 214 valence electrons. The van der Waals surface area contributed by atoms with Crippen LogP contribution in [0, 0.1) is 39.4 Å². The number of allylic oxidation sites excluding steroid dienone is 2. The van der Waals surface area contributed by atoms with E-state index in [2.05, 4.69) is 48.1 Å². The maximum Gasteiger partial charge on any atom is 0.303 e. The van der Waals surface area contributed by atoms with Crippen molar-refractivity contribution >= 4 is 11.9 Å². The number of carbonyl (C=O) groups is 2. The standard InChI is InChI=1S/C34H54O4/c1-21(2)28(37-23(4)35)13-11-22(3)25-15-19-34(10)27-12-14-29-31(6,7)30(38-24(5)36)17-18-32(29,8)26(27)16-20-33(25,34)9/h22,25,28-30H,1,11-20H2,2-10H3/t22-,25-,28+,29-,30-,32+,33-,34+/m0/s1.